The molecule has 1 atom stereocenters. The van der Waals surface area contributed by atoms with Gasteiger partial charge in [0.05, 0.1) is 11.1 Å². The summed E-state index contributed by atoms with van der Waals surface area (Å²) in [5.74, 6) is 2.04. The lowest BCUT2D eigenvalue weighted by molar-refractivity contribution is 0.102. The number of aromatic nitrogens is 2. The van der Waals surface area contributed by atoms with Crippen molar-refractivity contribution in [2.75, 3.05) is 19.0 Å². The highest BCUT2D eigenvalue weighted by Crippen LogP contribution is 2.36. The summed E-state index contributed by atoms with van der Waals surface area (Å²) in [5.41, 5.74) is 1.63. The molecule has 0 fully saturated rings. The number of thiophene rings is 1. The van der Waals surface area contributed by atoms with Gasteiger partial charge in [-0.1, -0.05) is 18.7 Å². The first kappa shape index (κ1) is 18.7. The number of rotatable bonds is 4. The van der Waals surface area contributed by atoms with Crippen molar-refractivity contribution in [3.8, 4) is 11.5 Å². The Morgan fingerprint density at radius 1 is 1.31 bits per heavy atom. The lowest BCUT2D eigenvalue weighted by atomic mass is 9.89. The van der Waals surface area contributed by atoms with Crippen molar-refractivity contribution in [2.45, 2.75) is 31.3 Å². The van der Waals surface area contributed by atoms with E-state index in [2.05, 4.69) is 16.9 Å². The van der Waals surface area contributed by atoms with Crippen LogP contribution in [0.3, 0.4) is 0 Å². The number of carbonyl (C=O) groups excluding carboxylic acids is 1. The number of ketones is 1. The molecule has 1 N–H and O–H groups in total. The largest absolute Gasteiger partial charge is 0.486 e. The molecule has 2 aromatic heterocycles. The molecule has 1 aliphatic heterocycles. The molecule has 29 heavy (non-hydrogen) atoms. The first-order chi connectivity index (χ1) is 14.1. The van der Waals surface area contributed by atoms with Gasteiger partial charge in [-0.3, -0.25) is 9.59 Å². The number of aryl methyl sites for hydroxylation is 1. The molecule has 0 unspecified atom stereocenters. The summed E-state index contributed by atoms with van der Waals surface area (Å²) in [6.07, 6.45) is 3.07. The van der Waals surface area contributed by atoms with Crippen LogP contribution in [0.5, 0.6) is 11.5 Å². The summed E-state index contributed by atoms with van der Waals surface area (Å²) >= 11 is 2.87. The fraction of sp³-hybridized carbons (Fsp3) is 0.381. The molecule has 0 spiro atoms. The number of hydrogen-bond donors (Lipinski definition) is 1. The van der Waals surface area contributed by atoms with Gasteiger partial charge in [-0.2, -0.15) is 0 Å². The van der Waals surface area contributed by atoms with Crippen molar-refractivity contribution in [3.63, 3.8) is 0 Å². The van der Waals surface area contributed by atoms with Crippen LogP contribution in [0, 0.1) is 5.92 Å². The first-order valence-electron chi connectivity index (χ1n) is 9.68. The van der Waals surface area contributed by atoms with Gasteiger partial charge in [0.25, 0.3) is 5.56 Å². The van der Waals surface area contributed by atoms with Crippen molar-refractivity contribution in [3.05, 3.63) is 44.6 Å². The standard InChI is InChI=1S/C21H20N2O4S2/c1-11-2-4-13-17(8-11)29-20-18(13)19(25)22-21(23-20)28-10-14(24)12-3-5-15-16(9-12)27-7-6-26-15/h3,5,9,11H,2,4,6-8,10H2,1H3,(H,22,23,25)/t11-/m1/s1. The number of nitrogens with zero attached hydrogens (tertiary/aromatic N) is 1. The Labute approximate surface area is 175 Å². The van der Waals surface area contributed by atoms with Crippen molar-refractivity contribution in [1.29, 1.82) is 0 Å². The fourth-order valence-corrected chi connectivity index (χ4v) is 6.03. The fourth-order valence-electron chi connectivity index (χ4n) is 3.83. The number of ether oxygens (including phenoxy) is 2. The number of nitrogens with one attached hydrogen (secondary N) is 1. The molecule has 0 saturated heterocycles. The lowest BCUT2D eigenvalue weighted by Gasteiger charge is -2.18. The number of Topliss-reactive ketones (excluding diaryl/α,β-unsaturated/α-hetero) is 1. The third kappa shape index (κ3) is 3.55. The van der Waals surface area contributed by atoms with E-state index in [9.17, 15) is 9.59 Å². The summed E-state index contributed by atoms with van der Waals surface area (Å²) in [6, 6.07) is 5.21. The maximum absolute atomic E-state index is 12.7. The Balaban J connectivity index is 1.35. The molecule has 6 nitrogen and oxygen atoms in total. The molecule has 0 amide bonds. The second kappa shape index (κ2) is 7.50. The minimum absolute atomic E-state index is 0.0472. The molecule has 3 aromatic rings. The average Bonchev–Trinajstić information content (AvgIpc) is 3.09. The van der Waals surface area contributed by atoms with Gasteiger partial charge in [0.1, 0.15) is 18.0 Å². The maximum atomic E-state index is 12.7. The second-order valence-electron chi connectivity index (χ2n) is 7.47. The molecule has 2 aliphatic rings. The third-order valence-corrected chi connectivity index (χ3v) is 7.37. The van der Waals surface area contributed by atoms with Gasteiger partial charge in [-0.05, 0) is 48.9 Å². The number of thioether (sulfide) groups is 1. The summed E-state index contributed by atoms with van der Waals surface area (Å²) in [4.78, 5) is 34.8. The quantitative estimate of drug-likeness (QED) is 0.386. The molecule has 150 valence electrons. The van der Waals surface area contributed by atoms with Gasteiger partial charge in [-0.15, -0.1) is 11.3 Å². The Hall–Kier alpha value is -2.32. The minimum atomic E-state index is -0.101. The molecular weight excluding hydrogens is 408 g/mol. The van der Waals surface area contributed by atoms with Gasteiger partial charge in [0.15, 0.2) is 22.4 Å². The third-order valence-electron chi connectivity index (χ3n) is 5.35. The molecular formula is C21H20N2O4S2. The van der Waals surface area contributed by atoms with Gasteiger partial charge in [-0.25, -0.2) is 4.98 Å². The zero-order valence-corrected chi connectivity index (χ0v) is 17.6. The number of benzene rings is 1. The van der Waals surface area contributed by atoms with Crippen molar-refractivity contribution in [1.82, 2.24) is 9.97 Å². The zero-order valence-electron chi connectivity index (χ0n) is 15.9. The topological polar surface area (TPSA) is 81.3 Å². The van der Waals surface area contributed by atoms with Crippen LogP contribution < -0.4 is 15.0 Å². The summed E-state index contributed by atoms with van der Waals surface area (Å²) in [6.45, 7) is 3.24. The number of H-pyrrole nitrogens is 1. The highest BCUT2D eigenvalue weighted by atomic mass is 32.2. The minimum Gasteiger partial charge on any atom is -0.486 e. The molecule has 0 radical (unpaired) electrons. The van der Waals surface area contributed by atoms with Crippen LogP contribution in [0.15, 0.2) is 28.2 Å². The molecule has 8 heteroatoms. The molecule has 1 aliphatic carbocycles. The van der Waals surface area contributed by atoms with Crippen molar-refractivity contribution >= 4 is 39.1 Å². The van der Waals surface area contributed by atoms with Crippen molar-refractivity contribution < 1.29 is 14.3 Å². The van der Waals surface area contributed by atoms with E-state index in [-0.39, 0.29) is 17.1 Å². The van der Waals surface area contributed by atoms with E-state index in [0.29, 0.717) is 41.4 Å². The van der Waals surface area contributed by atoms with Gasteiger partial charge < -0.3 is 14.5 Å². The molecule has 3 heterocycles. The lowest BCUT2D eigenvalue weighted by Crippen LogP contribution is -2.16. The summed E-state index contributed by atoms with van der Waals surface area (Å²) in [5, 5.41) is 1.22. The number of carbonyl (C=O) groups is 1. The van der Waals surface area contributed by atoms with E-state index in [1.54, 1.807) is 29.5 Å². The monoisotopic (exact) mass is 428 g/mol. The SMILES string of the molecule is C[C@@H]1CCc2c(sc3nc(SCC(=O)c4ccc5c(c4)OCCO5)[nH]c(=O)c23)C1. The maximum Gasteiger partial charge on any atom is 0.260 e. The Kier molecular flexibility index (Phi) is 4.83. The van der Waals surface area contributed by atoms with Gasteiger partial charge in [0.2, 0.25) is 0 Å². The highest BCUT2D eigenvalue weighted by Gasteiger charge is 2.23. The highest BCUT2D eigenvalue weighted by molar-refractivity contribution is 7.99. The summed E-state index contributed by atoms with van der Waals surface area (Å²) < 4.78 is 11.0. The summed E-state index contributed by atoms with van der Waals surface area (Å²) in [7, 11) is 0. The van der Waals surface area contributed by atoms with E-state index < -0.39 is 0 Å². The van der Waals surface area contributed by atoms with Crippen molar-refractivity contribution in [2.24, 2.45) is 5.92 Å². The van der Waals surface area contributed by atoms with Crippen LogP contribution in [0.4, 0.5) is 0 Å². The molecule has 0 bridgehead atoms. The van der Waals surface area contributed by atoms with Crippen LogP contribution in [0.1, 0.15) is 34.1 Å². The van der Waals surface area contributed by atoms with Crippen LogP contribution in [0.25, 0.3) is 10.2 Å². The zero-order chi connectivity index (χ0) is 20.0. The Bertz CT molecular complexity index is 1170. The number of fused-ring (bicyclic) bond motifs is 4. The van der Waals surface area contributed by atoms with Gasteiger partial charge >= 0.3 is 0 Å². The predicted molar refractivity (Wildman–Crippen MR) is 114 cm³/mol. The Morgan fingerprint density at radius 3 is 3.00 bits per heavy atom. The van der Waals surface area contributed by atoms with Crippen LogP contribution >= 0.6 is 23.1 Å². The molecule has 1 aromatic carbocycles. The normalized spacial score (nSPS) is 17.9. The molecule has 0 saturated carbocycles. The van der Waals surface area contributed by atoms with E-state index in [1.807, 2.05) is 0 Å². The average molecular weight is 429 g/mol. The van der Waals surface area contributed by atoms with E-state index in [4.69, 9.17) is 9.47 Å². The van der Waals surface area contributed by atoms with Crippen LogP contribution in [-0.2, 0) is 12.8 Å². The van der Waals surface area contributed by atoms with Crippen LogP contribution in [0.2, 0.25) is 0 Å². The predicted octanol–water partition coefficient (Wildman–Crippen LogP) is 3.86. The number of aromatic amines is 1. The van der Waals surface area contributed by atoms with E-state index in [0.717, 1.165) is 29.5 Å². The number of hydrogen-bond acceptors (Lipinski definition) is 7. The Morgan fingerprint density at radius 2 is 2.14 bits per heavy atom. The second-order valence-corrected chi connectivity index (χ2v) is 9.52. The van der Waals surface area contributed by atoms with Gasteiger partial charge in [0, 0.05) is 10.4 Å². The first-order valence-corrected chi connectivity index (χ1v) is 11.5. The smallest absolute Gasteiger partial charge is 0.260 e. The van der Waals surface area contributed by atoms with E-state index in [1.165, 1.54) is 22.2 Å². The van der Waals surface area contributed by atoms with E-state index >= 15 is 0 Å². The molecule has 5 rings (SSSR count). The van der Waals surface area contributed by atoms with Crippen LogP contribution in [-0.4, -0.2) is 34.7 Å².